The van der Waals surface area contributed by atoms with Gasteiger partial charge in [-0.3, -0.25) is 4.79 Å². The van der Waals surface area contributed by atoms with Crippen LogP contribution in [-0.2, 0) is 4.79 Å². The molecule has 98 valence electrons. The number of carbonyl (C=O) groups excluding carboxylic acids is 1. The predicted molar refractivity (Wildman–Crippen MR) is 74.4 cm³/mol. The van der Waals surface area contributed by atoms with Gasteiger partial charge in [-0.05, 0) is 44.2 Å². The quantitative estimate of drug-likeness (QED) is 0.838. The zero-order valence-corrected chi connectivity index (χ0v) is 11.0. The van der Waals surface area contributed by atoms with Gasteiger partial charge in [-0.15, -0.1) is 0 Å². The minimum absolute atomic E-state index is 0.0903. The molecule has 2 rings (SSSR count). The Morgan fingerprint density at radius 1 is 1.39 bits per heavy atom. The van der Waals surface area contributed by atoms with E-state index < -0.39 is 0 Å². The van der Waals surface area contributed by atoms with E-state index in [2.05, 4.69) is 0 Å². The number of amides is 1. The van der Waals surface area contributed by atoms with Crippen molar-refractivity contribution in [1.82, 2.24) is 0 Å². The van der Waals surface area contributed by atoms with Crippen molar-refractivity contribution < 1.29 is 4.79 Å². The van der Waals surface area contributed by atoms with Crippen LogP contribution >= 0.6 is 0 Å². The Labute approximate surface area is 109 Å². The van der Waals surface area contributed by atoms with Crippen molar-refractivity contribution in [3.05, 3.63) is 30.3 Å². The Hall–Kier alpha value is -1.35. The minimum atomic E-state index is 0.0903. The highest BCUT2D eigenvalue weighted by Crippen LogP contribution is 2.31. The fourth-order valence-corrected chi connectivity index (χ4v) is 2.00. The van der Waals surface area contributed by atoms with Gasteiger partial charge >= 0.3 is 0 Å². The number of nitrogens with zero attached hydrogens (tertiary/aromatic N) is 1. The van der Waals surface area contributed by atoms with Crippen molar-refractivity contribution in [1.29, 1.82) is 0 Å². The highest BCUT2D eigenvalue weighted by Gasteiger charge is 2.27. The van der Waals surface area contributed by atoms with Gasteiger partial charge in [0.1, 0.15) is 0 Å². The van der Waals surface area contributed by atoms with Gasteiger partial charge in [0.2, 0.25) is 5.91 Å². The van der Waals surface area contributed by atoms with Crippen LogP contribution in [-0.4, -0.2) is 18.5 Å². The maximum atomic E-state index is 12.3. The number of hydrogen-bond donors (Lipinski definition) is 1. The molecule has 0 heterocycles. The molecule has 0 bridgehead atoms. The van der Waals surface area contributed by atoms with Crippen molar-refractivity contribution in [2.45, 2.75) is 38.6 Å². The Morgan fingerprint density at radius 3 is 2.61 bits per heavy atom. The van der Waals surface area contributed by atoms with Crippen LogP contribution in [0, 0.1) is 5.92 Å². The third kappa shape index (κ3) is 3.84. The van der Waals surface area contributed by atoms with Gasteiger partial charge < -0.3 is 10.6 Å². The summed E-state index contributed by atoms with van der Waals surface area (Å²) in [7, 11) is 0. The molecule has 1 aliphatic carbocycles. The molecule has 0 spiro atoms. The van der Waals surface area contributed by atoms with Gasteiger partial charge in [-0.25, -0.2) is 0 Å². The molecular formula is C15H22N2O. The molecule has 3 nitrogen and oxygen atoms in total. The molecule has 1 aromatic carbocycles. The number of anilines is 1. The lowest BCUT2D eigenvalue weighted by molar-refractivity contribution is -0.118. The van der Waals surface area contributed by atoms with E-state index in [0.29, 0.717) is 12.3 Å². The summed E-state index contributed by atoms with van der Waals surface area (Å²) in [4.78, 5) is 14.2. The lowest BCUT2D eigenvalue weighted by atomic mass is 10.1. The lowest BCUT2D eigenvalue weighted by Crippen LogP contribution is -2.33. The second kappa shape index (κ2) is 6.01. The third-order valence-corrected chi connectivity index (χ3v) is 3.32. The molecule has 1 aromatic rings. The van der Waals surface area contributed by atoms with Gasteiger partial charge in [0.05, 0.1) is 0 Å². The number of rotatable bonds is 6. The molecule has 0 saturated heterocycles. The van der Waals surface area contributed by atoms with E-state index in [4.69, 9.17) is 5.73 Å². The SMILES string of the molecule is CC(N)CCC(=O)N(CC1CC1)c1ccccc1. The smallest absolute Gasteiger partial charge is 0.227 e. The van der Waals surface area contributed by atoms with Gasteiger partial charge in [-0.2, -0.15) is 0 Å². The summed E-state index contributed by atoms with van der Waals surface area (Å²) in [5.41, 5.74) is 6.74. The van der Waals surface area contributed by atoms with Crippen LogP contribution < -0.4 is 10.6 Å². The van der Waals surface area contributed by atoms with Crippen LogP contribution in [0.2, 0.25) is 0 Å². The first-order valence-electron chi connectivity index (χ1n) is 6.78. The molecule has 0 radical (unpaired) electrons. The van der Waals surface area contributed by atoms with Crippen molar-refractivity contribution in [3.8, 4) is 0 Å². The number of nitrogens with two attached hydrogens (primary N) is 1. The molecule has 1 amide bonds. The largest absolute Gasteiger partial charge is 0.328 e. The highest BCUT2D eigenvalue weighted by atomic mass is 16.2. The third-order valence-electron chi connectivity index (χ3n) is 3.32. The Bertz CT molecular complexity index is 385. The van der Waals surface area contributed by atoms with Crippen molar-refractivity contribution >= 4 is 11.6 Å². The Balaban J connectivity index is 2.02. The maximum Gasteiger partial charge on any atom is 0.227 e. The molecule has 1 saturated carbocycles. The van der Waals surface area contributed by atoms with Crippen LogP contribution in [0.1, 0.15) is 32.6 Å². The summed E-state index contributed by atoms with van der Waals surface area (Å²) in [6.07, 6.45) is 3.81. The highest BCUT2D eigenvalue weighted by molar-refractivity contribution is 5.93. The van der Waals surface area contributed by atoms with E-state index in [-0.39, 0.29) is 11.9 Å². The molecule has 1 aliphatic rings. The average molecular weight is 246 g/mol. The topological polar surface area (TPSA) is 46.3 Å². The number of hydrogen-bond acceptors (Lipinski definition) is 2. The van der Waals surface area contributed by atoms with Crippen LogP contribution in [0.5, 0.6) is 0 Å². The van der Waals surface area contributed by atoms with Gasteiger partial charge in [0, 0.05) is 24.7 Å². The van der Waals surface area contributed by atoms with E-state index in [1.165, 1.54) is 12.8 Å². The molecule has 2 N–H and O–H groups in total. The summed E-state index contributed by atoms with van der Waals surface area (Å²) < 4.78 is 0. The van der Waals surface area contributed by atoms with Gasteiger partial charge in [0.25, 0.3) is 0 Å². The van der Waals surface area contributed by atoms with Crippen molar-refractivity contribution in [3.63, 3.8) is 0 Å². The van der Waals surface area contributed by atoms with Gasteiger partial charge in [0.15, 0.2) is 0 Å². The van der Waals surface area contributed by atoms with Crippen LogP contribution in [0.3, 0.4) is 0 Å². The van der Waals surface area contributed by atoms with E-state index >= 15 is 0 Å². The lowest BCUT2D eigenvalue weighted by Gasteiger charge is -2.23. The van der Waals surface area contributed by atoms with Crippen LogP contribution in [0.4, 0.5) is 5.69 Å². The first-order chi connectivity index (χ1) is 8.66. The summed E-state index contributed by atoms with van der Waals surface area (Å²) >= 11 is 0. The van der Waals surface area contributed by atoms with E-state index in [1.807, 2.05) is 42.2 Å². The summed E-state index contributed by atoms with van der Waals surface area (Å²) in [5, 5.41) is 0. The maximum absolute atomic E-state index is 12.3. The zero-order chi connectivity index (χ0) is 13.0. The standard InChI is InChI=1S/C15H22N2O/c1-12(16)7-10-15(18)17(11-13-8-9-13)14-5-3-2-4-6-14/h2-6,12-13H,7-11,16H2,1H3. The molecule has 0 aromatic heterocycles. The number of benzene rings is 1. The zero-order valence-electron chi connectivity index (χ0n) is 11.0. The molecule has 3 heteroatoms. The van der Waals surface area contributed by atoms with E-state index in [1.54, 1.807) is 0 Å². The van der Waals surface area contributed by atoms with Crippen LogP contribution in [0.15, 0.2) is 30.3 Å². The monoisotopic (exact) mass is 246 g/mol. The second-order valence-electron chi connectivity index (χ2n) is 5.30. The first kappa shape index (κ1) is 13.1. The summed E-state index contributed by atoms with van der Waals surface area (Å²) in [6, 6.07) is 10.0. The Morgan fingerprint density at radius 2 is 2.06 bits per heavy atom. The molecule has 1 fully saturated rings. The fraction of sp³-hybridized carbons (Fsp3) is 0.533. The van der Waals surface area contributed by atoms with Crippen molar-refractivity contribution in [2.75, 3.05) is 11.4 Å². The normalized spacial score (nSPS) is 16.3. The number of para-hydroxylation sites is 1. The fourth-order valence-electron chi connectivity index (χ4n) is 2.00. The predicted octanol–water partition coefficient (Wildman–Crippen LogP) is 2.56. The molecule has 18 heavy (non-hydrogen) atoms. The summed E-state index contributed by atoms with van der Waals surface area (Å²) in [5.74, 6) is 0.898. The van der Waals surface area contributed by atoms with Gasteiger partial charge in [-0.1, -0.05) is 18.2 Å². The van der Waals surface area contributed by atoms with E-state index in [9.17, 15) is 4.79 Å². The summed E-state index contributed by atoms with van der Waals surface area (Å²) in [6.45, 7) is 2.81. The molecule has 0 aliphatic heterocycles. The molecular weight excluding hydrogens is 224 g/mol. The Kier molecular flexibility index (Phi) is 4.37. The molecule has 1 atom stereocenters. The molecule has 1 unspecified atom stereocenters. The van der Waals surface area contributed by atoms with Crippen molar-refractivity contribution in [2.24, 2.45) is 11.7 Å². The average Bonchev–Trinajstić information content (AvgIpc) is 3.18. The minimum Gasteiger partial charge on any atom is -0.328 e. The first-order valence-corrected chi connectivity index (χ1v) is 6.78. The second-order valence-corrected chi connectivity index (χ2v) is 5.30. The number of carbonyl (C=O) groups is 1. The van der Waals surface area contributed by atoms with Crippen LogP contribution in [0.25, 0.3) is 0 Å². The van der Waals surface area contributed by atoms with E-state index in [0.717, 1.165) is 18.7 Å².